The van der Waals surface area contributed by atoms with E-state index in [1.165, 1.54) is 7.11 Å². The Morgan fingerprint density at radius 1 is 1.60 bits per heavy atom. The summed E-state index contributed by atoms with van der Waals surface area (Å²) in [4.78, 5) is 11.1. The fourth-order valence-corrected chi connectivity index (χ4v) is 0.889. The highest BCUT2D eigenvalue weighted by Gasteiger charge is 2.06. The van der Waals surface area contributed by atoms with Gasteiger partial charge in [-0.3, -0.25) is 4.79 Å². The second-order valence-electron chi connectivity index (χ2n) is 3.07. The number of aromatic nitrogens is 2. The van der Waals surface area contributed by atoms with Crippen LogP contribution in [0.2, 0.25) is 0 Å². The lowest BCUT2D eigenvalue weighted by atomic mass is 10.3. The molecule has 0 aliphatic heterocycles. The van der Waals surface area contributed by atoms with Gasteiger partial charge in [-0.25, -0.2) is 0 Å². The van der Waals surface area contributed by atoms with Crippen LogP contribution in [0, 0.1) is 0 Å². The standard InChI is InChI=1S/C9H14N4O2/c1-6(10)9(14)11-5-7-3-4-8(15-2)13-12-7/h3-4,6H,5,10H2,1-2H3,(H,11,14)/t6-/m0/s1. The van der Waals surface area contributed by atoms with E-state index < -0.39 is 6.04 Å². The summed E-state index contributed by atoms with van der Waals surface area (Å²) in [5, 5.41) is 10.2. The first-order valence-corrected chi connectivity index (χ1v) is 4.53. The maximum Gasteiger partial charge on any atom is 0.236 e. The zero-order valence-electron chi connectivity index (χ0n) is 8.73. The van der Waals surface area contributed by atoms with E-state index in [9.17, 15) is 4.79 Å². The second-order valence-corrected chi connectivity index (χ2v) is 3.07. The molecule has 1 rings (SSSR count). The maximum absolute atomic E-state index is 11.1. The molecule has 0 saturated carbocycles. The average Bonchev–Trinajstić information content (AvgIpc) is 2.26. The molecule has 6 nitrogen and oxygen atoms in total. The van der Waals surface area contributed by atoms with E-state index in [-0.39, 0.29) is 5.91 Å². The van der Waals surface area contributed by atoms with Gasteiger partial charge in [0.2, 0.25) is 11.8 Å². The Labute approximate surface area is 87.8 Å². The van der Waals surface area contributed by atoms with Gasteiger partial charge in [-0.05, 0) is 13.0 Å². The van der Waals surface area contributed by atoms with E-state index in [0.29, 0.717) is 18.1 Å². The fraction of sp³-hybridized carbons (Fsp3) is 0.444. The number of methoxy groups -OCH3 is 1. The van der Waals surface area contributed by atoms with Gasteiger partial charge in [0.25, 0.3) is 0 Å². The van der Waals surface area contributed by atoms with Crippen molar-refractivity contribution in [3.05, 3.63) is 17.8 Å². The molecule has 1 aromatic heterocycles. The Hall–Kier alpha value is -1.69. The largest absolute Gasteiger partial charge is 0.480 e. The quantitative estimate of drug-likeness (QED) is 0.695. The summed E-state index contributed by atoms with van der Waals surface area (Å²) in [7, 11) is 1.52. The molecule has 1 amide bonds. The molecule has 0 saturated heterocycles. The third kappa shape index (κ3) is 3.51. The van der Waals surface area contributed by atoms with Gasteiger partial charge >= 0.3 is 0 Å². The SMILES string of the molecule is COc1ccc(CNC(=O)[C@H](C)N)nn1. The highest BCUT2D eigenvalue weighted by Crippen LogP contribution is 2.02. The van der Waals surface area contributed by atoms with Gasteiger partial charge in [0.05, 0.1) is 25.4 Å². The molecule has 15 heavy (non-hydrogen) atoms. The van der Waals surface area contributed by atoms with Crippen molar-refractivity contribution in [2.24, 2.45) is 5.73 Å². The molecule has 0 bridgehead atoms. The Kier molecular flexibility index (Phi) is 3.99. The van der Waals surface area contributed by atoms with E-state index in [4.69, 9.17) is 10.5 Å². The third-order valence-electron chi connectivity index (χ3n) is 1.76. The number of hydrogen-bond donors (Lipinski definition) is 2. The number of ether oxygens (including phenoxy) is 1. The Balaban J connectivity index is 2.47. The van der Waals surface area contributed by atoms with E-state index >= 15 is 0 Å². The number of hydrogen-bond acceptors (Lipinski definition) is 5. The molecular weight excluding hydrogens is 196 g/mol. The summed E-state index contributed by atoms with van der Waals surface area (Å²) in [5.41, 5.74) is 6.03. The lowest BCUT2D eigenvalue weighted by molar-refractivity contribution is -0.122. The first-order chi connectivity index (χ1) is 7.13. The topological polar surface area (TPSA) is 90.1 Å². The average molecular weight is 210 g/mol. The highest BCUT2D eigenvalue weighted by atomic mass is 16.5. The normalized spacial score (nSPS) is 11.9. The summed E-state index contributed by atoms with van der Waals surface area (Å²) < 4.78 is 4.85. The van der Waals surface area contributed by atoms with Crippen LogP contribution in [0.15, 0.2) is 12.1 Å². The van der Waals surface area contributed by atoms with E-state index in [0.717, 1.165) is 0 Å². The van der Waals surface area contributed by atoms with Gasteiger partial charge in [-0.15, -0.1) is 5.10 Å². The summed E-state index contributed by atoms with van der Waals surface area (Å²) in [5.74, 6) is 0.227. The monoisotopic (exact) mass is 210 g/mol. The van der Waals surface area contributed by atoms with Crippen LogP contribution >= 0.6 is 0 Å². The van der Waals surface area contributed by atoms with Crippen molar-refractivity contribution in [3.63, 3.8) is 0 Å². The summed E-state index contributed by atoms with van der Waals surface area (Å²) in [6.45, 7) is 1.94. The van der Waals surface area contributed by atoms with Crippen LogP contribution in [-0.2, 0) is 11.3 Å². The fourth-order valence-electron chi connectivity index (χ4n) is 0.889. The molecule has 0 fully saturated rings. The molecule has 0 spiro atoms. The van der Waals surface area contributed by atoms with Gasteiger partial charge in [0, 0.05) is 6.07 Å². The molecule has 3 N–H and O–H groups in total. The number of carbonyl (C=O) groups excluding carboxylic acids is 1. The lowest BCUT2D eigenvalue weighted by Gasteiger charge is -2.06. The zero-order chi connectivity index (χ0) is 11.3. The first kappa shape index (κ1) is 11.4. The number of nitrogens with zero attached hydrogens (tertiary/aromatic N) is 2. The van der Waals surface area contributed by atoms with Crippen molar-refractivity contribution >= 4 is 5.91 Å². The minimum atomic E-state index is -0.517. The second kappa shape index (κ2) is 5.26. The van der Waals surface area contributed by atoms with Crippen molar-refractivity contribution in [2.75, 3.05) is 7.11 Å². The van der Waals surface area contributed by atoms with Crippen LogP contribution in [0.4, 0.5) is 0 Å². The molecule has 0 aliphatic rings. The number of rotatable bonds is 4. The molecule has 0 aromatic carbocycles. The van der Waals surface area contributed by atoms with Gasteiger partial charge in [-0.1, -0.05) is 0 Å². The zero-order valence-corrected chi connectivity index (χ0v) is 8.73. The van der Waals surface area contributed by atoms with Crippen molar-refractivity contribution < 1.29 is 9.53 Å². The van der Waals surface area contributed by atoms with Crippen LogP contribution in [-0.4, -0.2) is 29.3 Å². The Morgan fingerprint density at radius 3 is 2.80 bits per heavy atom. The van der Waals surface area contributed by atoms with Gasteiger partial charge in [0.15, 0.2) is 0 Å². The lowest BCUT2D eigenvalue weighted by Crippen LogP contribution is -2.37. The predicted octanol–water partition coefficient (Wildman–Crippen LogP) is -0.551. The van der Waals surface area contributed by atoms with Crippen LogP contribution < -0.4 is 15.8 Å². The van der Waals surface area contributed by atoms with Gasteiger partial charge in [-0.2, -0.15) is 5.10 Å². The van der Waals surface area contributed by atoms with Crippen molar-refractivity contribution in [3.8, 4) is 5.88 Å². The van der Waals surface area contributed by atoms with Gasteiger partial charge < -0.3 is 15.8 Å². The smallest absolute Gasteiger partial charge is 0.236 e. The molecule has 6 heteroatoms. The number of carbonyl (C=O) groups is 1. The van der Waals surface area contributed by atoms with Crippen LogP contribution in [0.5, 0.6) is 5.88 Å². The summed E-state index contributed by atoms with van der Waals surface area (Å²) >= 11 is 0. The highest BCUT2D eigenvalue weighted by molar-refractivity contribution is 5.80. The minimum absolute atomic E-state index is 0.215. The maximum atomic E-state index is 11.1. The third-order valence-corrected chi connectivity index (χ3v) is 1.76. The Bertz CT molecular complexity index is 323. The molecule has 1 heterocycles. The number of nitrogens with two attached hydrogens (primary N) is 1. The molecule has 0 aliphatic carbocycles. The predicted molar refractivity (Wildman–Crippen MR) is 54.1 cm³/mol. The van der Waals surface area contributed by atoms with E-state index in [2.05, 4.69) is 15.5 Å². The molecule has 82 valence electrons. The van der Waals surface area contributed by atoms with E-state index in [1.807, 2.05) is 0 Å². The molecule has 1 atom stereocenters. The minimum Gasteiger partial charge on any atom is -0.480 e. The van der Waals surface area contributed by atoms with Gasteiger partial charge in [0.1, 0.15) is 0 Å². The summed E-state index contributed by atoms with van der Waals surface area (Å²) in [6.07, 6.45) is 0. The Morgan fingerprint density at radius 2 is 2.33 bits per heavy atom. The molecule has 0 radical (unpaired) electrons. The molecule has 1 aromatic rings. The van der Waals surface area contributed by atoms with Crippen LogP contribution in [0.25, 0.3) is 0 Å². The van der Waals surface area contributed by atoms with Crippen LogP contribution in [0.3, 0.4) is 0 Å². The number of nitrogens with one attached hydrogen (secondary N) is 1. The van der Waals surface area contributed by atoms with E-state index in [1.54, 1.807) is 19.1 Å². The van der Waals surface area contributed by atoms with Crippen molar-refractivity contribution in [2.45, 2.75) is 19.5 Å². The van der Waals surface area contributed by atoms with Crippen LogP contribution in [0.1, 0.15) is 12.6 Å². The number of amides is 1. The summed E-state index contributed by atoms with van der Waals surface area (Å²) in [6, 6.07) is 2.89. The van der Waals surface area contributed by atoms with Crippen molar-refractivity contribution in [1.82, 2.24) is 15.5 Å². The van der Waals surface area contributed by atoms with Crippen molar-refractivity contribution in [1.29, 1.82) is 0 Å². The molecular formula is C9H14N4O2. The first-order valence-electron chi connectivity index (χ1n) is 4.53. The molecule has 0 unspecified atom stereocenters.